The van der Waals surface area contributed by atoms with Gasteiger partial charge < -0.3 is 9.88 Å². The molecule has 0 aliphatic carbocycles. The molecule has 0 radical (unpaired) electrons. The molecular formula is C20H19N5S2. The van der Waals surface area contributed by atoms with Gasteiger partial charge in [0.15, 0.2) is 4.34 Å². The fourth-order valence-corrected chi connectivity index (χ4v) is 4.36. The van der Waals surface area contributed by atoms with Crippen LogP contribution in [-0.4, -0.2) is 19.7 Å². The van der Waals surface area contributed by atoms with Gasteiger partial charge in [-0.1, -0.05) is 83.8 Å². The van der Waals surface area contributed by atoms with E-state index in [1.807, 2.05) is 36.7 Å². The third kappa shape index (κ3) is 4.96. The van der Waals surface area contributed by atoms with Crippen molar-refractivity contribution in [2.75, 3.05) is 5.32 Å². The SMILES string of the molecule is c1ccc(CNc2nnc(SCc3nccn3Cc3ccccc3)s2)cc1. The van der Waals surface area contributed by atoms with Gasteiger partial charge >= 0.3 is 0 Å². The van der Waals surface area contributed by atoms with Crippen molar-refractivity contribution in [2.24, 2.45) is 0 Å². The van der Waals surface area contributed by atoms with Crippen LogP contribution in [0, 0.1) is 0 Å². The van der Waals surface area contributed by atoms with Crippen LogP contribution < -0.4 is 5.32 Å². The van der Waals surface area contributed by atoms with Crippen molar-refractivity contribution < 1.29 is 0 Å². The molecule has 136 valence electrons. The number of imidazole rings is 1. The Hall–Kier alpha value is -2.64. The lowest BCUT2D eigenvalue weighted by Crippen LogP contribution is -2.03. The van der Waals surface area contributed by atoms with E-state index in [1.165, 1.54) is 11.1 Å². The van der Waals surface area contributed by atoms with Crippen LogP contribution in [0.2, 0.25) is 0 Å². The van der Waals surface area contributed by atoms with E-state index in [1.54, 1.807) is 23.1 Å². The molecule has 4 rings (SSSR count). The Morgan fingerprint density at radius 2 is 1.67 bits per heavy atom. The summed E-state index contributed by atoms with van der Waals surface area (Å²) in [5.74, 6) is 1.81. The predicted molar refractivity (Wildman–Crippen MR) is 111 cm³/mol. The van der Waals surface area contributed by atoms with E-state index in [0.717, 1.165) is 34.1 Å². The lowest BCUT2D eigenvalue weighted by Gasteiger charge is -2.07. The fraction of sp³-hybridized carbons (Fsp3) is 0.150. The van der Waals surface area contributed by atoms with Crippen LogP contribution in [0.1, 0.15) is 17.0 Å². The van der Waals surface area contributed by atoms with Crippen molar-refractivity contribution in [1.82, 2.24) is 19.7 Å². The second-order valence-electron chi connectivity index (χ2n) is 5.96. The monoisotopic (exact) mass is 393 g/mol. The Labute approximate surface area is 166 Å². The summed E-state index contributed by atoms with van der Waals surface area (Å²) < 4.78 is 3.12. The number of hydrogen-bond acceptors (Lipinski definition) is 6. The molecule has 0 atom stereocenters. The molecule has 5 nitrogen and oxygen atoms in total. The van der Waals surface area contributed by atoms with Gasteiger partial charge in [-0.3, -0.25) is 0 Å². The van der Waals surface area contributed by atoms with E-state index in [-0.39, 0.29) is 0 Å². The summed E-state index contributed by atoms with van der Waals surface area (Å²) in [7, 11) is 0. The highest BCUT2D eigenvalue weighted by atomic mass is 32.2. The molecule has 1 N–H and O–H groups in total. The molecule has 0 spiro atoms. The summed E-state index contributed by atoms with van der Waals surface area (Å²) in [6.45, 7) is 1.58. The molecule has 0 fully saturated rings. The number of aromatic nitrogens is 4. The van der Waals surface area contributed by atoms with Crippen molar-refractivity contribution in [3.63, 3.8) is 0 Å². The first kappa shape index (κ1) is 17.8. The minimum absolute atomic E-state index is 0.752. The van der Waals surface area contributed by atoms with Gasteiger partial charge in [0.25, 0.3) is 0 Å². The molecule has 2 aromatic heterocycles. The Morgan fingerprint density at radius 1 is 0.926 bits per heavy atom. The lowest BCUT2D eigenvalue weighted by molar-refractivity contribution is 0.756. The van der Waals surface area contributed by atoms with Crippen LogP contribution in [0.15, 0.2) is 77.4 Å². The second kappa shape index (κ2) is 8.83. The van der Waals surface area contributed by atoms with Crippen molar-refractivity contribution in [3.05, 3.63) is 90.0 Å². The third-order valence-corrected chi connectivity index (χ3v) is 6.03. The smallest absolute Gasteiger partial charge is 0.206 e. The standard InChI is InChI=1S/C20H19N5S2/c1-3-7-16(8-4-1)13-22-19-23-24-20(27-19)26-15-18-21-11-12-25(18)14-17-9-5-2-6-10-17/h1-12H,13-15H2,(H,22,23). The number of nitrogens with zero attached hydrogens (tertiary/aromatic N) is 4. The number of anilines is 1. The highest BCUT2D eigenvalue weighted by molar-refractivity contribution is 8.00. The average molecular weight is 394 g/mol. The zero-order chi connectivity index (χ0) is 18.3. The largest absolute Gasteiger partial charge is 0.356 e. The van der Waals surface area contributed by atoms with Crippen LogP contribution >= 0.6 is 23.1 Å². The Morgan fingerprint density at radius 3 is 2.44 bits per heavy atom. The Bertz CT molecular complexity index is 966. The maximum Gasteiger partial charge on any atom is 0.206 e. The lowest BCUT2D eigenvalue weighted by atomic mass is 10.2. The maximum absolute atomic E-state index is 4.49. The molecule has 0 amide bonds. The first-order valence-corrected chi connectivity index (χ1v) is 10.4. The van der Waals surface area contributed by atoms with Crippen LogP contribution in [0.3, 0.4) is 0 Å². The van der Waals surface area contributed by atoms with Crippen LogP contribution in [0.4, 0.5) is 5.13 Å². The summed E-state index contributed by atoms with van der Waals surface area (Å²) in [6, 6.07) is 20.7. The topological polar surface area (TPSA) is 55.6 Å². The molecule has 2 aromatic carbocycles. The van der Waals surface area contributed by atoms with Gasteiger partial charge in [0.2, 0.25) is 5.13 Å². The molecule has 0 saturated heterocycles. The van der Waals surface area contributed by atoms with E-state index in [2.05, 4.69) is 61.5 Å². The van der Waals surface area contributed by atoms with Crippen molar-refractivity contribution >= 4 is 28.2 Å². The number of rotatable bonds is 8. The van der Waals surface area contributed by atoms with Crippen molar-refractivity contribution in [3.8, 4) is 0 Å². The Kier molecular flexibility index (Phi) is 5.81. The number of benzene rings is 2. The summed E-state index contributed by atoms with van der Waals surface area (Å²) in [5.41, 5.74) is 2.50. The highest BCUT2D eigenvalue weighted by Gasteiger charge is 2.09. The molecule has 0 bridgehead atoms. The highest BCUT2D eigenvalue weighted by Crippen LogP contribution is 2.28. The van der Waals surface area contributed by atoms with E-state index in [4.69, 9.17) is 0 Å². The van der Waals surface area contributed by atoms with Gasteiger partial charge in [0.1, 0.15) is 5.82 Å². The summed E-state index contributed by atoms with van der Waals surface area (Å²) in [6.07, 6.45) is 3.88. The molecule has 7 heteroatoms. The number of nitrogens with one attached hydrogen (secondary N) is 1. The van der Waals surface area contributed by atoms with Crippen LogP contribution in [-0.2, 0) is 18.8 Å². The number of hydrogen-bond donors (Lipinski definition) is 1. The first-order chi connectivity index (χ1) is 13.4. The molecule has 4 aromatic rings. The van der Waals surface area contributed by atoms with Gasteiger partial charge in [-0.25, -0.2) is 4.98 Å². The Balaban J connectivity index is 1.32. The molecule has 27 heavy (non-hydrogen) atoms. The minimum atomic E-state index is 0.752. The van der Waals surface area contributed by atoms with Crippen molar-refractivity contribution in [1.29, 1.82) is 0 Å². The van der Waals surface area contributed by atoms with Crippen molar-refractivity contribution in [2.45, 2.75) is 23.2 Å². The van der Waals surface area contributed by atoms with E-state index in [0.29, 0.717) is 0 Å². The van der Waals surface area contributed by atoms with Gasteiger partial charge in [-0.05, 0) is 11.1 Å². The zero-order valence-corrected chi connectivity index (χ0v) is 16.3. The van der Waals surface area contributed by atoms with E-state index >= 15 is 0 Å². The molecule has 0 aliphatic rings. The second-order valence-corrected chi connectivity index (χ2v) is 8.16. The predicted octanol–water partition coefficient (Wildman–Crippen LogP) is 4.69. The van der Waals surface area contributed by atoms with E-state index < -0.39 is 0 Å². The molecule has 0 unspecified atom stereocenters. The first-order valence-electron chi connectivity index (χ1n) is 8.65. The number of thioether (sulfide) groups is 1. The van der Waals surface area contributed by atoms with Gasteiger partial charge in [-0.2, -0.15) is 0 Å². The normalized spacial score (nSPS) is 10.8. The molecule has 0 saturated carbocycles. The summed E-state index contributed by atoms with van der Waals surface area (Å²) in [5, 5.41) is 12.7. The maximum atomic E-state index is 4.49. The van der Waals surface area contributed by atoms with E-state index in [9.17, 15) is 0 Å². The molecule has 0 aliphatic heterocycles. The van der Waals surface area contributed by atoms with Gasteiger partial charge in [0.05, 0.1) is 5.75 Å². The molecular weight excluding hydrogens is 374 g/mol. The average Bonchev–Trinajstić information content (AvgIpc) is 3.35. The zero-order valence-electron chi connectivity index (χ0n) is 14.7. The van der Waals surface area contributed by atoms with Gasteiger partial charge in [0, 0.05) is 25.5 Å². The van der Waals surface area contributed by atoms with Crippen LogP contribution in [0.25, 0.3) is 0 Å². The summed E-state index contributed by atoms with van der Waals surface area (Å²) >= 11 is 3.24. The molecule has 2 heterocycles. The summed E-state index contributed by atoms with van der Waals surface area (Å²) in [4.78, 5) is 4.49. The van der Waals surface area contributed by atoms with Gasteiger partial charge in [-0.15, -0.1) is 10.2 Å². The quantitative estimate of drug-likeness (QED) is 0.440. The third-order valence-electron chi connectivity index (χ3n) is 4.02. The van der Waals surface area contributed by atoms with Crippen LogP contribution in [0.5, 0.6) is 0 Å². The minimum Gasteiger partial charge on any atom is -0.356 e. The fourth-order valence-electron chi connectivity index (χ4n) is 2.64.